The Morgan fingerprint density at radius 2 is 1.86 bits per heavy atom. The van der Waals surface area contributed by atoms with Gasteiger partial charge in [-0.3, -0.25) is 0 Å². The van der Waals surface area contributed by atoms with E-state index >= 15 is 0 Å². The van der Waals surface area contributed by atoms with Gasteiger partial charge in [0.25, 0.3) is 0 Å². The van der Waals surface area contributed by atoms with Crippen LogP contribution in [0.25, 0.3) is 0 Å². The summed E-state index contributed by atoms with van der Waals surface area (Å²) in [5.41, 5.74) is 0. The molecule has 1 unspecified atom stereocenters. The molecule has 1 N–H and O–H groups in total. The molecule has 0 saturated heterocycles. The molecule has 1 aliphatic carbocycles. The molecule has 0 spiro atoms. The van der Waals surface area contributed by atoms with Crippen molar-refractivity contribution in [1.29, 1.82) is 0 Å². The summed E-state index contributed by atoms with van der Waals surface area (Å²) in [6.07, 6.45) is 7.20. The zero-order valence-electron chi connectivity index (χ0n) is 9.88. The third kappa shape index (κ3) is 3.97. The lowest BCUT2D eigenvalue weighted by Crippen LogP contribution is -2.37. The highest BCUT2D eigenvalue weighted by Crippen LogP contribution is 2.20. The largest absolute Gasteiger partial charge is 0.377 e. The second-order valence-electron chi connectivity index (χ2n) is 4.73. The first-order valence-electron chi connectivity index (χ1n) is 6.03. The SMILES string of the molecule is CNC(COC1CCCCC1)C(C)C. The zero-order valence-corrected chi connectivity index (χ0v) is 9.88. The Morgan fingerprint density at radius 1 is 1.21 bits per heavy atom. The second-order valence-corrected chi connectivity index (χ2v) is 4.73. The van der Waals surface area contributed by atoms with Gasteiger partial charge in [0.05, 0.1) is 12.7 Å². The molecule has 0 aromatic heterocycles. The number of likely N-dealkylation sites (N-methyl/N-ethyl adjacent to an activating group) is 1. The molecular weight excluding hydrogens is 174 g/mol. The summed E-state index contributed by atoms with van der Waals surface area (Å²) in [7, 11) is 2.02. The fraction of sp³-hybridized carbons (Fsp3) is 1.00. The van der Waals surface area contributed by atoms with Crippen molar-refractivity contribution >= 4 is 0 Å². The van der Waals surface area contributed by atoms with Crippen LogP contribution in [-0.4, -0.2) is 25.8 Å². The van der Waals surface area contributed by atoms with Crippen molar-refractivity contribution < 1.29 is 4.74 Å². The molecule has 84 valence electrons. The summed E-state index contributed by atoms with van der Waals surface area (Å²) in [5.74, 6) is 0.656. The molecule has 1 fully saturated rings. The molecule has 0 heterocycles. The summed E-state index contributed by atoms with van der Waals surface area (Å²) in [6.45, 7) is 5.36. The molecule has 0 radical (unpaired) electrons. The third-order valence-corrected chi connectivity index (χ3v) is 3.24. The van der Waals surface area contributed by atoms with E-state index in [0.29, 0.717) is 18.1 Å². The molecule has 14 heavy (non-hydrogen) atoms. The van der Waals surface area contributed by atoms with E-state index in [4.69, 9.17) is 4.74 Å². The normalized spacial score (nSPS) is 21.4. The smallest absolute Gasteiger partial charge is 0.0625 e. The van der Waals surface area contributed by atoms with Gasteiger partial charge < -0.3 is 10.1 Å². The summed E-state index contributed by atoms with van der Waals surface area (Å²) >= 11 is 0. The van der Waals surface area contributed by atoms with Crippen molar-refractivity contribution in [2.45, 2.75) is 58.1 Å². The maximum absolute atomic E-state index is 5.93. The van der Waals surface area contributed by atoms with Crippen molar-refractivity contribution in [2.24, 2.45) is 5.92 Å². The lowest BCUT2D eigenvalue weighted by molar-refractivity contribution is 0.0105. The third-order valence-electron chi connectivity index (χ3n) is 3.24. The molecule has 2 nitrogen and oxygen atoms in total. The minimum Gasteiger partial charge on any atom is -0.377 e. The Kier molecular flexibility index (Phi) is 5.49. The highest BCUT2D eigenvalue weighted by molar-refractivity contribution is 4.70. The van der Waals surface area contributed by atoms with E-state index in [1.165, 1.54) is 32.1 Å². The average molecular weight is 199 g/mol. The van der Waals surface area contributed by atoms with Gasteiger partial charge in [-0.25, -0.2) is 0 Å². The summed E-state index contributed by atoms with van der Waals surface area (Å²) < 4.78 is 5.93. The fourth-order valence-corrected chi connectivity index (χ4v) is 2.08. The van der Waals surface area contributed by atoms with Crippen LogP contribution in [0.1, 0.15) is 46.0 Å². The van der Waals surface area contributed by atoms with Crippen LogP contribution in [0.4, 0.5) is 0 Å². The van der Waals surface area contributed by atoms with Crippen LogP contribution in [0, 0.1) is 5.92 Å². The van der Waals surface area contributed by atoms with E-state index in [1.807, 2.05) is 7.05 Å². The van der Waals surface area contributed by atoms with Gasteiger partial charge in [-0.15, -0.1) is 0 Å². The van der Waals surface area contributed by atoms with Crippen LogP contribution >= 0.6 is 0 Å². The Morgan fingerprint density at radius 3 is 2.36 bits per heavy atom. The standard InChI is InChI=1S/C12H25NO/c1-10(2)12(13-3)9-14-11-7-5-4-6-8-11/h10-13H,4-9H2,1-3H3. The van der Waals surface area contributed by atoms with Crippen LogP contribution in [0.2, 0.25) is 0 Å². The van der Waals surface area contributed by atoms with Gasteiger partial charge in [0.15, 0.2) is 0 Å². The van der Waals surface area contributed by atoms with Crippen molar-refractivity contribution in [3.05, 3.63) is 0 Å². The molecule has 2 heteroatoms. The quantitative estimate of drug-likeness (QED) is 0.735. The van der Waals surface area contributed by atoms with E-state index < -0.39 is 0 Å². The van der Waals surface area contributed by atoms with Gasteiger partial charge in [-0.05, 0) is 25.8 Å². The minimum absolute atomic E-state index is 0.511. The summed E-state index contributed by atoms with van der Waals surface area (Å²) in [4.78, 5) is 0. The lowest BCUT2D eigenvalue weighted by atomic mass is 9.97. The van der Waals surface area contributed by atoms with E-state index in [-0.39, 0.29) is 0 Å². The lowest BCUT2D eigenvalue weighted by Gasteiger charge is -2.26. The van der Waals surface area contributed by atoms with Crippen molar-refractivity contribution in [1.82, 2.24) is 5.32 Å². The number of hydrogen-bond acceptors (Lipinski definition) is 2. The molecule has 1 saturated carbocycles. The van der Waals surface area contributed by atoms with Gasteiger partial charge in [0.2, 0.25) is 0 Å². The van der Waals surface area contributed by atoms with Crippen LogP contribution in [0.5, 0.6) is 0 Å². The first kappa shape index (κ1) is 12.0. The number of hydrogen-bond donors (Lipinski definition) is 1. The van der Waals surface area contributed by atoms with Gasteiger partial charge in [0, 0.05) is 6.04 Å². The van der Waals surface area contributed by atoms with Crippen LogP contribution < -0.4 is 5.32 Å². The average Bonchev–Trinajstić information content (AvgIpc) is 2.20. The highest BCUT2D eigenvalue weighted by Gasteiger charge is 2.17. The number of nitrogens with one attached hydrogen (secondary N) is 1. The van der Waals surface area contributed by atoms with Gasteiger partial charge in [-0.2, -0.15) is 0 Å². The van der Waals surface area contributed by atoms with Gasteiger partial charge >= 0.3 is 0 Å². The Labute approximate surface area is 88.4 Å². The molecule has 0 aliphatic heterocycles. The highest BCUT2D eigenvalue weighted by atomic mass is 16.5. The van der Waals surface area contributed by atoms with Crippen molar-refractivity contribution in [3.63, 3.8) is 0 Å². The van der Waals surface area contributed by atoms with E-state index in [9.17, 15) is 0 Å². The minimum atomic E-state index is 0.511. The fourth-order valence-electron chi connectivity index (χ4n) is 2.08. The molecule has 0 aromatic carbocycles. The summed E-state index contributed by atoms with van der Waals surface area (Å²) in [5, 5.41) is 3.32. The van der Waals surface area contributed by atoms with Gasteiger partial charge in [-0.1, -0.05) is 33.1 Å². The topological polar surface area (TPSA) is 21.3 Å². The molecule has 1 atom stereocenters. The Bertz CT molecular complexity index is 141. The molecule has 0 bridgehead atoms. The van der Waals surface area contributed by atoms with Crippen molar-refractivity contribution in [2.75, 3.05) is 13.7 Å². The molecule has 0 aromatic rings. The Balaban J connectivity index is 2.16. The molecule has 1 rings (SSSR count). The number of rotatable bonds is 5. The monoisotopic (exact) mass is 199 g/mol. The number of ether oxygens (including phenoxy) is 1. The second kappa shape index (κ2) is 6.41. The maximum atomic E-state index is 5.93. The molecule has 0 amide bonds. The van der Waals surface area contributed by atoms with Gasteiger partial charge in [0.1, 0.15) is 0 Å². The van der Waals surface area contributed by atoms with Crippen LogP contribution in [-0.2, 0) is 4.74 Å². The first-order valence-corrected chi connectivity index (χ1v) is 6.03. The predicted octanol–water partition coefficient (Wildman–Crippen LogP) is 2.58. The van der Waals surface area contributed by atoms with E-state index in [0.717, 1.165) is 6.61 Å². The maximum Gasteiger partial charge on any atom is 0.0625 e. The molecule has 1 aliphatic rings. The zero-order chi connectivity index (χ0) is 10.4. The summed E-state index contributed by atoms with van der Waals surface area (Å²) in [6, 6.07) is 0.511. The van der Waals surface area contributed by atoms with E-state index in [2.05, 4.69) is 19.2 Å². The van der Waals surface area contributed by atoms with E-state index in [1.54, 1.807) is 0 Å². The first-order chi connectivity index (χ1) is 6.74. The predicted molar refractivity (Wildman–Crippen MR) is 60.5 cm³/mol. The Hall–Kier alpha value is -0.0800. The molecular formula is C12H25NO. The van der Waals surface area contributed by atoms with Crippen molar-refractivity contribution in [3.8, 4) is 0 Å². The van der Waals surface area contributed by atoms with Crippen LogP contribution in [0.15, 0.2) is 0 Å². The van der Waals surface area contributed by atoms with Crippen LogP contribution in [0.3, 0.4) is 0 Å².